The summed E-state index contributed by atoms with van der Waals surface area (Å²) in [6.45, 7) is 4.38. The third-order valence-electron chi connectivity index (χ3n) is 2.49. The lowest BCUT2D eigenvalue weighted by atomic mass is 10.1. The van der Waals surface area contributed by atoms with Gasteiger partial charge in [0.2, 0.25) is 0 Å². The maximum atomic E-state index is 5.77. The highest BCUT2D eigenvalue weighted by atomic mass is 16.5. The van der Waals surface area contributed by atoms with E-state index in [2.05, 4.69) is 19.9 Å². The number of hydrogen-bond acceptors (Lipinski definition) is 1. The lowest BCUT2D eigenvalue weighted by Crippen LogP contribution is -2.11. The van der Waals surface area contributed by atoms with E-state index in [-0.39, 0.29) is 0 Å². The van der Waals surface area contributed by atoms with Gasteiger partial charge in [0.1, 0.15) is 5.75 Å². The van der Waals surface area contributed by atoms with Crippen LogP contribution in [0, 0.1) is 6.07 Å². The first-order valence-corrected chi connectivity index (χ1v) is 5.95. The topological polar surface area (TPSA) is 9.23 Å². The summed E-state index contributed by atoms with van der Waals surface area (Å²) in [6, 6.07) is 10.7. The molecule has 0 saturated heterocycles. The maximum Gasteiger partial charge on any atom is 0.119 e. The summed E-state index contributed by atoms with van der Waals surface area (Å²) in [4.78, 5) is 0. The zero-order valence-corrected chi connectivity index (χ0v) is 9.83. The summed E-state index contributed by atoms with van der Waals surface area (Å²) in [5, 5.41) is 0. The summed E-state index contributed by atoms with van der Waals surface area (Å²) in [7, 11) is 0. The monoisotopic (exact) mass is 205 g/mol. The molecule has 83 valence electrons. The van der Waals surface area contributed by atoms with Gasteiger partial charge in [0.25, 0.3) is 0 Å². The Labute approximate surface area is 93.5 Å². The molecule has 1 radical (unpaired) electrons. The summed E-state index contributed by atoms with van der Waals surface area (Å²) < 4.78 is 5.77. The van der Waals surface area contributed by atoms with Crippen LogP contribution in [0.5, 0.6) is 5.75 Å². The molecule has 0 aliphatic rings. The van der Waals surface area contributed by atoms with Gasteiger partial charge in [-0.1, -0.05) is 38.3 Å². The van der Waals surface area contributed by atoms with Gasteiger partial charge in [0, 0.05) is 0 Å². The molecule has 1 aromatic rings. The second-order valence-electron chi connectivity index (χ2n) is 4.01. The molecule has 1 aromatic carbocycles. The lowest BCUT2D eigenvalue weighted by Gasteiger charge is -2.14. The molecular formula is C14H21O. The molecule has 0 spiro atoms. The van der Waals surface area contributed by atoms with E-state index in [9.17, 15) is 0 Å². The van der Waals surface area contributed by atoms with Gasteiger partial charge in [-0.15, -0.1) is 0 Å². The van der Waals surface area contributed by atoms with Crippen LogP contribution < -0.4 is 4.74 Å². The fourth-order valence-electron chi connectivity index (χ4n) is 1.60. The lowest BCUT2D eigenvalue weighted by molar-refractivity contribution is 0.206. The van der Waals surface area contributed by atoms with Crippen molar-refractivity contribution in [2.45, 2.75) is 52.1 Å². The molecule has 15 heavy (non-hydrogen) atoms. The molecule has 0 bridgehead atoms. The minimum atomic E-state index is 0.323. The van der Waals surface area contributed by atoms with E-state index in [4.69, 9.17) is 4.74 Å². The second-order valence-corrected chi connectivity index (χ2v) is 4.01. The van der Waals surface area contributed by atoms with Crippen LogP contribution in [0.15, 0.2) is 24.3 Å². The molecule has 1 heteroatoms. The zero-order chi connectivity index (χ0) is 10.9. The molecule has 1 rings (SSSR count). The number of hydrogen-bond donors (Lipinski definition) is 0. The molecule has 1 unspecified atom stereocenters. The van der Waals surface area contributed by atoms with Crippen molar-refractivity contribution < 1.29 is 4.74 Å². The van der Waals surface area contributed by atoms with Crippen LogP contribution >= 0.6 is 0 Å². The van der Waals surface area contributed by atoms with Crippen molar-refractivity contribution in [2.24, 2.45) is 0 Å². The molecule has 0 fully saturated rings. The standard InChI is InChI=1S/C14H21O/c1-3-4-5-7-10-13(2)15-14-11-8-6-9-12-14/h8-9,11-13H,3-5,7,10H2,1-2H3. The Morgan fingerprint density at radius 1 is 1.20 bits per heavy atom. The number of unbranched alkanes of at least 4 members (excludes halogenated alkanes) is 3. The summed E-state index contributed by atoms with van der Waals surface area (Å²) in [5.41, 5.74) is 0. The van der Waals surface area contributed by atoms with Crippen molar-refractivity contribution in [3.63, 3.8) is 0 Å². The predicted octanol–water partition coefficient (Wildman–Crippen LogP) is 4.22. The molecule has 0 aromatic heterocycles. The van der Waals surface area contributed by atoms with Crippen LogP contribution in [-0.2, 0) is 0 Å². The summed E-state index contributed by atoms with van der Waals surface area (Å²) in [6.07, 6.45) is 6.71. The van der Waals surface area contributed by atoms with E-state index in [0.29, 0.717) is 6.10 Å². The van der Waals surface area contributed by atoms with Crippen molar-refractivity contribution >= 4 is 0 Å². The Morgan fingerprint density at radius 3 is 2.60 bits per heavy atom. The average molecular weight is 205 g/mol. The number of ether oxygens (including phenoxy) is 1. The Kier molecular flexibility index (Phi) is 5.91. The SMILES string of the molecule is CCCCCCC(C)Oc1cc[c]cc1. The molecule has 0 amide bonds. The van der Waals surface area contributed by atoms with Crippen LogP contribution in [-0.4, -0.2) is 6.10 Å². The number of benzene rings is 1. The van der Waals surface area contributed by atoms with Crippen molar-refractivity contribution in [3.8, 4) is 5.75 Å². The third-order valence-corrected chi connectivity index (χ3v) is 2.49. The fourth-order valence-corrected chi connectivity index (χ4v) is 1.60. The Morgan fingerprint density at radius 2 is 1.93 bits per heavy atom. The highest BCUT2D eigenvalue weighted by Gasteiger charge is 2.02. The van der Waals surface area contributed by atoms with Crippen LogP contribution in [0.3, 0.4) is 0 Å². The first kappa shape index (κ1) is 12.1. The molecule has 1 atom stereocenters. The molecular weight excluding hydrogens is 184 g/mol. The van der Waals surface area contributed by atoms with Crippen LogP contribution in [0.1, 0.15) is 46.0 Å². The quantitative estimate of drug-likeness (QED) is 0.605. The predicted molar refractivity (Wildman–Crippen MR) is 64.1 cm³/mol. The summed E-state index contributed by atoms with van der Waals surface area (Å²) >= 11 is 0. The largest absolute Gasteiger partial charge is 0.491 e. The van der Waals surface area contributed by atoms with Gasteiger partial charge >= 0.3 is 0 Å². The molecule has 1 nitrogen and oxygen atoms in total. The van der Waals surface area contributed by atoms with Gasteiger partial charge in [0.05, 0.1) is 6.10 Å². The van der Waals surface area contributed by atoms with Crippen LogP contribution in [0.2, 0.25) is 0 Å². The van der Waals surface area contributed by atoms with E-state index < -0.39 is 0 Å². The van der Waals surface area contributed by atoms with E-state index in [0.717, 1.165) is 12.2 Å². The van der Waals surface area contributed by atoms with E-state index in [1.54, 1.807) is 0 Å². The smallest absolute Gasteiger partial charge is 0.119 e. The highest BCUT2D eigenvalue weighted by Crippen LogP contribution is 2.14. The van der Waals surface area contributed by atoms with Crippen molar-refractivity contribution in [2.75, 3.05) is 0 Å². The second kappa shape index (κ2) is 7.33. The molecule has 0 aliphatic heterocycles. The molecule has 0 heterocycles. The first-order valence-electron chi connectivity index (χ1n) is 5.95. The first-order chi connectivity index (χ1) is 7.33. The summed E-state index contributed by atoms with van der Waals surface area (Å²) in [5.74, 6) is 0.955. The molecule has 0 aliphatic carbocycles. The number of rotatable bonds is 7. The third kappa shape index (κ3) is 5.46. The molecule has 0 saturated carbocycles. The minimum Gasteiger partial charge on any atom is -0.491 e. The van der Waals surface area contributed by atoms with E-state index >= 15 is 0 Å². The molecule has 0 N–H and O–H groups in total. The van der Waals surface area contributed by atoms with Gasteiger partial charge < -0.3 is 4.74 Å². The van der Waals surface area contributed by atoms with E-state index in [1.165, 1.54) is 25.7 Å². The van der Waals surface area contributed by atoms with Crippen LogP contribution in [0.25, 0.3) is 0 Å². The van der Waals surface area contributed by atoms with Crippen LogP contribution in [0.4, 0.5) is 0 Å². The van der Waals surface area contributed by atoms with Gasteiger partial charge in [-0.05, 0) is 38.0 Å². The van der Waals surface area contributed by atoms with Gasteiger partial charge in [0.15, 0.2) is 0 Å². The van der Waals surface area contributed by atoms with Crippen molar-refractivity contribution in [3.05, 3.63) is 30.3 Å². The van der Waals surface area contributed by atoms with E-state index in [1.807, 2.05) is 24.3 Å². The van der Waals surface area contributed by atoms with Gasteiger partial charge in [-0.2, -0.15) is 0 Å². The van der Waals surface area contributed by atoms with Crippen molar-refractivity contribution in [1.82, 2.24) is 0 Å². The zero-order valence-electron chi connectivity index (χ0n) is 9.83. The fraction of sp³-hybridized carbons (Fsp3) is 0.571. The maximum absolute atomic E-state index is 5.77. The Balaban J connectivity index is 2.16. The Hall–Kier alpha value is -0.980. The Bertz CT molecular complexity index is 243. The minimum absolute atomic E-state index is 0.323. The average Bonchev–Trinajstić information content (AvgIpc) is 2.26. The highest BCUT2D eigenvalue weighted by molar-refractivity contribution is 5.20. The van der Waals surface area contributed by atoms with Gasteiger partial charge in [-0.3, -0.25) is 0 Å². The van der Waals surface area contributed by atoms with Crippen molar-refractivity contribution in [1.29, 1.82) is 0 Å². The normalized spacial score (nSPS) is 12.4. The van der Waals surface area contributed by atoms with Gasteiger partial charge in [-0.25, -0.2) is 0 Å².